The number of hydrogen-bond acceptors (Lipinski definition) is 3. The molecule has 0 unspecified atom stereocenters. The average Bonchev–Trinajstić information content (AvgIpc) is 2.14. The van der Waals surface area contributed by atoms with Crippen LogP contribution < -0.4 is 10.5 Å². The Balaban J connectivity index is 0.00000196. The Bertz CT molecular complexity index is 287. The maximum atomic E-state index is 12.4. The fourth-order valence-electron chi connectivity index (χ4n) is 0.818. The summed E-state index contributed by atoms with van der Waals surface area (Å²) in [7, 11) is 0. The van der Waals surface area contributed by atoms with Crippen molar-refractivity contribution in [3.8, 4) is 5.88 Å². The van der Waals surface area contributed by atoms with Gasteiger partial charge in [0.1, 0.15) is 0 Å². The minimum Gasteiger partial charge on any atom is -0.471 e. The molecule has 1 heterocycles. The molecule has 0 bridgehead atoms. The largest absolute Gasteiger partial charge is 0.471 e. The van der Waals surface area contributed by atoms with Crippen LogP contribution in [0.5, 0.6) is 5.88 Å². The van der Waals surface area contributed by atoms with Gasteiger partial charge in [-0.15, -0.1) is 12.4 Å². The van der Waals surface area contributed by atoms with Crippen molar-refractivity contribution in [3.63, 3.8) is 0 Å². The Labute approximate surface area is 93.0 Å². The van der Waals surface area contributed by atoms with E-state index in [0.29, 0.717) is 6.54 Å². The van der Waals surface area contributed by atoms with Gasteiger partial charge in [0, 0.05) is 25.7 Å². The molecule has 6 heteroatoms. The molecule has 0 aromatic carbocycles. The number of halogens is 3. The van der Waals surface area contributed by atoms with E-state index in [1.165, 1.54) is 12.3 Å². The van der Waals surface area contributed by atoms with Gasteiger partial charge in [0.15, 0.2) is 6.61 Å². The van der Waals surface area contributed by atoms with Crippen molar-refractivity contribution < 1.29 is 13.5 Å². The zero-order chi connectivity index (χ0) is 10.6. The molecule has 0 aliphatic carbocycles. The zero-order valence-corrected chi connectivity index (χ0v) is 9.06. The fraction of sp³-hybridized carbons (Fsp3) is 0.444. The molecule has 1 rings (SSSR count). The van der Waals surface area contributed by atoms with E-state index in [-0.39, 0.29) is 18.3 Å². The first-order valence-corrected chi connectivity index (χ1v) is 4.17. The van der Waals surface area contributed by atoms with Gasteiger partial charge in [-0.25, -0.2) is 13.8 Å². The minimum atomic E-state index is -2.84. The van der Waals surface area contributed by atoms with Crippen molar-refractivity contribution >= 4 is 12.4 Å². The van der Waals surface area contributed by atoms with Crippen LogP contribution in [0.4, 0.5) is 8.78 Å². The molecule has 0 aliphatic heterocycles. The van der Waals surface area contributed by atoms with E-state index in [0.717, 1.165) is 12.5 Å². The second-order valence-corrected chi connectivity index (χ2v) is 3.07. The third-order valence-electron chi connectivity index (χ3n) is 1.51. The van der Waals surface area contributed by atoms with Gasteiger partial charge in [-0.3, -0.25) is 0 Å². The molecular weight excluding hydrogens is 226 g/mol. The van der Waals surface area contributed by atoms with Crippen molar-refractivity contribution in [1.82, 2.24) is 4.98 Å². The van der Waals surface area contributed by atoms with Gasteiger partial charge in [-0.05, 0) is 5.56 Å². The van der Waals surface area contributed by atoms with E-state index in [1.807, 2.05) is 0 Å². The van der Waals surface area contributed by atoms with Crippen LogP contribution in [0.15, 0.2) is 18.3 Å². The Hall–Kier alpha value is -0.940. The molecular formula is C9H13ClF2N2O. The number of hydrogen-bond donors (Lipinski definition) is 1. The number of aromatic nitrogens is 1. The SMILES string of the molecule is CC(F)(F)COc1ccc(CN)cn1.Cl. The molecule has 2 N–H and O–H groups in total. The van der Waals surface area contributed by atoms with Crippen LogP contribution in [0, 0.1) is 0 Å². The van der Waals surface area contributed by atoms with E-state index in [2.05, 4.69) is 4.98 Å². The molecule has 0 aliphatic rings. The van der Waals surface area contributed by atoms with Gasteiger partial charge in [0.25, 0.3) is 5.92 Å². The summed E-state index contributed by atoms with van der Waals surface area (Å²) >= 11 is 0. The summed E-state index contributed by atoms with van der Waals surface area (Å²) in [5.74, 6) is -2.66. The van der Waals surface area contributed by atoms with Crippen molar-refractivity contribution in [2.75, 3.05) is 6.61 Å². The van der Waals surface area contributed by atoms with E-state index >= 15 is 0 Å². The topological polar surface area (TPSA) is 48.1 Å². The highest BCUT2D eigenvalue weighted by Crippen LogP contribution is 2.14. The first-order valence-electron chi connectivity index (χ1n) is 4.17. The molecule has 0 atom stereocenters. The lowest BCUT2D eigenvalue weighted by Gasteiger charge is -2.11. The summed E-state index contributed by atoms with van der Waals surface area (Å²) in [5, 5.41) is 0. The summed E-state index contributed by atoms with van der Waals surface area (Å²) in [4.78, 5) is 3.82. The smallest absolute Gasteiger partial charge is 0.278 e. The van der Waals surface area contributed by atoms with Crippen LogP contribution in [-0.2, 0) is 6.54 Å². The lowest BCUT2D eigenvalue weighted by molar-refractivity contribution is -0.0242. The maximum absolute atomic E-state index is 12.4. The van der Waals surface area contributed by atoms with Crippen molar-refractivity contribution in [2.45, 2.75) is 19.4 Å². The van der Waals surface area contributed by atoms with Crippen LogP contribution in [0.2, 0.25) is 0 Å². The zero-order valence-electron chi connectivity index (χ0n) is 8.24. The molecule has 0 fully saturated rings. The molecule has 0 saturated heterocycles. The molecule has 0 saturated carbocycles. The molecule has 0 spiro atoms. The van der Waals surface area contributed by atoms with Crippen LogP contribution >= 0.6 is 12.4 Å². The van der Waals surface area contributed by atoms with Gasteiger partial charge in [-0.1, -0.05) is 6.07 Å². The number of nitrogens with two attached hydrogens (primary N) is 1. The molecule has 0 radical (unpaired) electrons. The number of ether oxygens (including phenoxy) is 1. The Morgan fingerprint density at radius 2 is 2.13 bits per heavy atom. The van der Waals surface area contributed by atoms with Crippen LogP contribution in [0.1, 0.15) is 12.5 Å². The van der Waals surface area contributed by atoms with E-state index in [9.17, 15) is 8.78 Å². The predicted octanol–water partition coefficient (Wildman–Crippen LogP) is 2.00. The lowest BCUT2D eigenvalue weighted by Crippen LogP contribution is -2.21. The highest BCUT2D eigenvalue weighted by atomic mass is 35.5. The van der Waals surface area contributed by atoms with Gasteiger partial charge < -0.3 is 10.5 Å². The van der Waals surface area contributed by atoms with E-state index in [1.54, 1.807) is 6.07 Å². The number of alkyl halides is 2. The third kappa shape index (κ3) is 5.49. The van der Waals surface area contributed by atoms with Crippen LogP contribution in [0.25, 0.3) is 0 Å². The normalized spacial score (nSPS) is 10.7. The van der Waals surface area contributed by atoms with E-state index < -0.39 is 12.5 Å². The lowest BCUT2D eigenvalue weighted by atomic mass is 10.3. The highest BCUT2D eigenvalue weighted by Gasteiger charge is 2.22. The van der Waals surface area contributed by atoms with Crippen molar-refractivity contribution in [2.24, 2.45) is 5.73 Å². The molecule has 1 aromatic rings. The fourth-order valence-corrected chi connectivity index (χ4v) is 0.818. The van der Waals surface area contributed by atoms with Gasteiger partial charge in [0.05, 0.1) is 0 Å². The van der Waals surface area contributed by atoms with Crippen molar-refractivity contribution in [1.29, 1.82) is 0 Å². The number of nitrogens with zero attached hydrogens (tertiary/aromatic N) is 1. The highest BCUT2D eigenvalue weighted by molar-refractivity contribution is 5.85. The maximum Gasteiger partial charge on any atom is 0.278 e. The Morgan fingerprint density at radius 1 is 1.47 bits per heavy atom. The second kappa shape index (κ2) is 5.82. The summed E-state index contributed by atoms with van der Waals surface area (Å²) in [6.07, 6.45) is 1.50. The molecule has 86 valence electrons. The second-order valence-electron chi connectivity index (χ2n) is 3.07. The monoisotopic (exact) mass is 238 g/mol. The van der Waals surface area contributed by atoms with Gasteiger partial charge in [-0.2, -0.15) is 0 Å². The average molecular weight is 239 g/mol. The van der Waals surface area contributed by atoms with Crippen molar-refractivity contribution in [3.05, 3.63) is 23.9 Å². The number of rotatable bonds is 4. The minimum absolute atomic E-state index is 0. The molecule has 3 nitrogen and oxygen atoms in total. The standard InChI is InChI=1S/C9H12F2N2O.ClH/c1-9(10,11)6-14-8-3-2-7(4-12)5-13-8;/h2-3,5H,4,6,12H2,1H3;1H. The predicted molar refractivity (Wildman–Crippen MR) is 55.5 cm³/mol. The van der Waals surface area contributed by atoms with E-state index in [4.69, 9.17) is 10.5 Å². The summed E-state index contributed by atoms with van der Waals surface area (Å²) in [5.41, 5.74) is 6.18. The van der Waals surface area contributed by atoms with Gasteiger partial charge >= 0.3 is 0 Å². The Kier molecular flexibility index (Phi) is 5.46. The van der Waals surface area contributed by atoms with Crippen LogP contribution in [0.3, 0.4) is 0 Å². The molecule has 15 heavy (non-hydrogen) atoms. The summed E-state index contributed by atoms with van der Waals surface area (Å²) < 4.78 is 29.5. The third-order valence-corrected chi connectivity index (χ3v) is 1.51. The Morgan fingerprint density at radius 3 is 2.53 bits per heavy atom. The first-order chi connectivity index (χ1) is 6.51. The quantitative estimate of drug-likeness (QED) is 0.873. The molecule has 0 amide bonds. The van der Waals surface area contributed by atoms with Crippen LogP contribution in [-0.4, -0.2) is 17.5 Å². The first kappa shape index (κ1) is 14.1. The number of pyridine rings is 1. The summed E-state index contributed by atoms with van der Waals surface area (Å²) in [6.45, 7) is 0.500. The molecule has 1 aromatic heterocycles. The summed E-state index contributed by atoms with van der Waals surface area (Å²) in [6, 6.07) is 3.21. The van der Waals surface area contributed by atoms with Gasteiger partial charge in [0.2, 0.25) is 5.88 Å².